The number of hydrogen-bond acceptors (Lipinski definition) is 0. The molecule has 0 spiro atoms. The van der Waals surface area contributed by atoms with Gasteiger partial charge >= 0.3 is 0 Å². The number of aromatic nitrogens is 5. The first kappa shape index (κ1) is 82.0. The highest BCUT2D eigenvalue weighted by Gasteiger charge is 2.38. The molecule has 0 radical (unpaired) electrons. The fourth-order valence-corrected chi connectivity index (χ4v) is 22.1. The molecular weight excluding hydrogens is 1500 g/mol. The summed E-state index contributed by atoms with van der Waals surface area (Å²) in [5.74, 6) is 6.07. The van der Waals surface area contributed by atoms with Crippen LogP contribution in [-0.2, 0) is 33.6 Å². The number of rotatable bonds is 17. The minimum Gasteiger partial charge on any atom is -0.338 e. The van der Waals surface area contributed by atoms with E-state index in [1.807, 2.05) is 37.7 Å². The topological polar surface area (TPSA) is 20.4 Å². The third-order valence-corrected chi connectivity index (χ3v) is 28.0. The van der Waals surface area contributed by atoms with Crippen LogP contribution in [0.5, 0.6) is 0 Å². The molecule has 15 aromatic rings. The van der Waals surface area contributed by atoms with Crippen LogP contribution in [0.15, 0.2) is 212 Å². The summed E-state index contributed by atoms with van der Waals surface area (Å²) in [5, 5.41) is 10.8. The Balaban J connectivity index is 0.000000150. The Hall–Kier alpha value is -10.4. The Bertz CT molecular complexity index is 6760. The Morgan fingerprint density at radius 3 is 1.17 bits per heavy atom. The maximum Gasteiger partial charge on any atom is 0.220 e. The molecule has 0 atom stereocenters. The van der Waals surface area contributed by atoms with E-state index < -0.39 is 0 Å². The first-order chi connectivity index (χ1) is 61.5. The largest absolute Gasteiger partial charge is 0.338 e. The molecule has 5 nitrogen and oxygen atoms in total. The number of para-hydroxylation sites is 1. The molecule has 1 aliphatic rings. The van der Waals surface area contributed by atoms with E-state index in [4.69, 9.17) is 9.60 Å². The molecule has 5 heteroatoms. The van der Waals surface area contributed by atoms with Crippen molar-refractivity contribution < 1.29 is 27.9 Å². The van der Waals surface area contributed by atoms with Gasteiger partial charge < -0.3 is 4.57 Å². The van der Waals surface area contributed by atoms with Gasteiger partial charge in [-0.3, -0.25) is 0 Å². The van der Waals surface area contributed by atoms with E-state index in [0.29, 0.717) is 101 Å². The normalized spacial score (nSPS) is 13.5. The van der Waals surface area contributed by atoms with Crippen molar-refractivity contribution in [3.8, 4) is 56.2 Å². The van der Waals surface area contributed by atoms with Crippen LogP contribution in [0, 0.1) is 110 Å². The minimum absolute atomic E-state index is 0.0396. The standard InChI is InChI=1S/C34H41N2.C34H40N.C26H34N.C25H32N/c1-20(2)33(21(3)4)25-14-15-27-26(18-25)17-24(8)35(9)34(27)29-19-32-30(16-23(29)7)28-12-10-11-13-31(28)36(32)22(5)6;1-20(2)32(21(3)4)24-14-15-26-25(18-24)17-23(6)35(9)33(26)28-19-31-29(16-22(28)5)27-12-10-11-13-30(27)34(31,7)8;1-16(2)25(17(3)4)22-9-10-23-21(15-22)11-12-27(8)26(23)24-14-18(5)13-19(6)20(24)7;1-16(2)24(17(3)4)21-11-12-23-20(15-21)13-14-26(7)25(23)22-10-8-9-18(5)19(22)6/h10-22,33H,1-9H3;10-21,32H,1-9H3;9-17,25H,1-8H3;8-17,24H,1-7H3/q4*+1/i2*17D;11D,12D;8D,13D,14D. The number of nitrogens with zero attached hydrogens (tertiary/aromatic N) is 5. The summed E-state index contributed by atoms with van der Waals surface area (Å²) >= 11 is 0. The van der Waals surface area contributed by atoms with Crippen LogP contribution in [0.4, 0.5) is 0 Å². The molecule has 0 aliphatic heterocycles. The molecule has 0 saturated heterocycles. The van der Waals surface area contributed by atoms with Gasteiger partial charge in [-0.25, -0.2) is 9.13 Å². The van der Waals surface area contributed by atoms with E-state index in [2.05, 4.69) is 379 Å². The van der Waals surface area contributed by atoms with Gasteiger partial charge in [0.15, 0.2) is 23.7 Å². The Morgan fingerprint density at radius 2 is 0.710 bits per heavy atom. The molecule has 0 N–H and O–H groups in total. The number of pyridine rings is 4. The lowest BCUT2D eigenvalue weighted by Crippen LogP contribution is -2.35. The summed E-state index contributed by atoms with van der Waals surface area (Å²) in [6, 6.07) is 64.8. The molecule has 124 heavy (non-hydrogen) atoms. The molecule has 644 valence electrons. The van der Waals surface area contributed by atoms with Gasteiger partial charge in [0.1, 0.15) is 30.9 Å². The van der Waals surface area contributed by atoms with E-state index in [1.165, 1.54) is 122 Å². The van der Waals surface area contributed by atoms with Crippen molar-refractivity contribution in [1.82, 2.24) is 4.57 Å². The molecule has 0 unspecified atom stereocenters. The predicted molar refractivity (Wildman–Crippen MR) is 535 cm³/mol. The van der Waals surface area contributed by atoms with Gasteiger partial charge in [-0.2, -0.15) is 9.13 Å². The third-order valence-electron chi connectivity index (χ3n) is 28.0. The summed E-state index contributed by atoms with van der Waals surface area (Å²) in [5.41, 5.74) is 32.6. The molecule has 0 bridgehead atoms. The van der Waals surface area contributed by atoms with E-state index >= 15 is 0 Å². The lowest BCUT2D eigenvalue weighted by Gasteiger charge is -2.26. The fraction of sp³-hybridized carbons (Fsp3) is 0.395. The van der Waals surface area contributed by atoms with Crippen molar-refractivity contribution in [1.29, 1.82) is 0 Å². The van der Waals surface area contributed by atoms with Crippen molar-refractivity contribution in [2.24, 2.45) is 75.5 Å². The number of aryl methyl sites for hydroxylation is 5. The maximum atomic E-state index is 9.06. The fourth-order valence-electron chi connectivity index (χ4n) is 22.1. The molecule has 0 fully saturated rings. The maximum absolute atomic E-state index is 9.06. The Morgan fingerprint density at radius 1 is 0.306 bits per heavy atom. The molecule has 0 saturated carbocycles. The summed E-state index contributed by atoms with van der Waals surface area (Å²) in [6.07, 6.45) is 0.455. The van der Waals surface area contributed by atoms with Gasteiger partial charge in [-0.15, -0.1) is 0 Å². The Kier molecular flexibility index (Phi) is 24.2. The van der Waals surface area contributed by atoms with Crippen molar-refractivity contribution in [2.45, 2.75) is 236 Å². The number of hydrogen-bond donors (Lipinski definition) is 0. The monoisotopic (exact) mass is 1650 g/mol. The predicted octanol–water partition coefficient (Wildman–Crippen LogP) is 30.7. The molecular formula is C119H147N5+4. The molecule has 0 amide bonds. The van der Waals surface area contributed by atoms with Crippen molar-refractivity contribution in [2.75, 3.05) is 0 Å². The van der Waals surface area contributed by atoms with E-state index in [1.54, 1.807) is 4.57 Å². The molecule has 16 rings (SSSR count). The van der Waals surface area contributed by atoms with Crippen LogP contribution >= 0.6 is 0 Å². The highest BCUT2D eigenvalue weighted by atomic mass is 15.0. The van der Waals surface area contributed by atoms with Gasteiger partial charge in [0, 0.05) is 71.3 Å². The van der Waals surface area contributed by atoms with E-state index in [9.17, 15) is 0 Å². The van der Waals surface area contributed by atoms with E-state index in [0.717, 1.165) is 82.7 Å². The van der Waals surface area contributed by atoms with Crippen LogP contribution in [0.2, 0.25) is 0 Å². The molecule has 10 aromatic carbocycles. The lowest BCUT2D eigenvalue weighted by atomic mass is 9.79. The van der Waals surface area contributed by atoms with Gasteiger partial charge in [-0.1, -0.05) is 245 Å². The molecule has 1 aliphatic carbocycles. The SMILES string of the molecule is [2H]c1c(C)[n+](C)c(-c2cc3c(cc2C)-c2ccccc2C3(C)C)c2ccc(C(C(C)C)C(C)C)cc12.[2H]c1c(C)[n+](C)c(-c2cc3c(cc2C)c2ccccc2n3C(C)C)c2ccc(C(C(C)C)C(C)C)cc12.[2H]c1c([2H])[n+](C)c(-c2cc(C)cc(C)c2C)c2ccc(C(C(C)C)C(C)C)cc12.[2H]c1cc(C)c(C)c(-c2c3ccc(C(C(C)C)C(C)C)cc3c([2H])c([2H])[n+]2C)c1. The van der Waals surface area contributed by atoms with E-state index in [-0.39, 0.29) is 23.8 Å². The summed E-state index contributed by atoms with van der Waals surface area (Å²) in [7, 11) is 7.99. The van der Waals surface area contributed by atoms with Crippen LogP contribution in [-0.4, -0.2) is 4.57 Å². The highest BCUT2D eigenvalue weighted by Crippen LogP contribution is 2.52. The number of fused-ring (bicyclic) bond motifs is 10. The van der Waals surface area contributed by atoms with Crippen LogP contribution in [0.25, 0.3) is 121 Å². The average Bonchev–Trinajstić information content (AvgIpc) is 1.71. The van der Waals surface area contributed by atoms with Crippen molar-refractivity contribution in [3.63, 3.8) is 0 Å². The second-order valence-corrected chi connectivity index (χ2v) is 40.3. The first-order valence-corrected chi connectivity index (χ1v) is 46.2. The summed E-state index contributed by atoms with van der Waals surface area (Å²) < 4.78 is 71.4. The van der Waals surface area contributed by atoms with Crippen LogP contribution in [0.1, 0.15) is 261 Å². The van der Waals surface area contributed by atoms with Crippen molar-refractivity contribution in [3.05, 3.63) is 296 Å². The van der Waals surface area contributed by atoms with Crippen LogP contribution in [0.3, 0.4) is 0 Å². The van der Waals surface area contributed by atoms with Gasteiger partial charge in [0.25, 0.3) is 0 Å². The lowest BCUT2D eigenvalue weighted by molar-refractivity contribution is -0.665. The molecule has 5 heterocycles. The Labute approximate surface area is 756 Å². The second-order valence-electron chi connectivity index (χ2n) is 40.3. The average molecular weight is 1650 g/mol. The zero-order chi connectivity index (χ0) is 96.1. The summed E-state index contributed by atoms with van der Waals surface area (Å²) in [4.78, 5) is 0. The highest BCUT2D eigenvalue weighted by molar-refractivity contribution is 6.10. The second kappa shape index (κ2) is 36.7. The zero-order valence-corrected chi connectivity index (χ0v) is 81.4. The number of benzene rings is 10. The van der Waals surface area contributed by atoms with Gasteiger partial charge in [0.2, 0.25) is 22.8 Å². The zero-order valence-electron chi connectivity index (χ0n) is 88.4. The smallest absolute Gasteiger partial charge is 0.220 e. The van der Waals surface area contributed by atoms with Crippen molar-refractivity contribution >= 4 is 64.9 Å². The first-order valence-electron chi connectivity index (χ1n) is 49.7. The van der Waals surface area contributed by atoms with Gasteiger partial charge in [0.05, 0.1) is 50.6 Å². The van der Waals surface area contributed by atoms with Crippen LogP contribution < -0.4 is 18.3 Å². The van der Waals surface area contributed by atoms with Gasteiger partial charge in [-0.05, 0) is 293 Å². The quantitative estimate of drug-likeness (QED) is 0.0810. The minimum atomic E-state index is -0.0396. The summed E-state index contributed by atoms with van der Waals surface area (Å²) in [6.45, 7) is 64.9. The molecule has 5 aromatic heterocycles. The third kappa shape index (κ3) is 17.5.